The molecule has 0 fully saturated rings. The molecule has 1 aromatic carbocycles. The quantitative estimate of drug-likeness (QED) is 0.635. The second-order valence-corrected chi connectivity index (χ2v) is 8.01. The van der Waals surface area contributed by atoms with E-state index in [0.29, 0.717) is 11.0 Å². The Morgan fingerprint density at radius 3 is 2.04 bits per heavy atom. The zero-order valence-corrected chi connectivity index (χ0v) is 15.9. The first-order valence-electron chi connectivity index (χ1n) is 8.83. The van der Waals surface area contributed by atoms with Crippen LogP contribution >= 0.6 is 0 Å². The fourth-order valence-electron chi connectivity index (χ4n) is 3.34. The molecule has 138 valence electrons. The number of alkyl halides is 3. The van der Waals surface area contributed by atoms with Gasteiger partial charge in [-0.15, -0.1) is 0 Å². The van der Waals surface area contributed by atoms with Crippen LogP contribution in [0.2, 0.25) is 0 Å². The number of fused-ring (bicyclic) bond motifs is 1. The molecule has 0 radical (unpaired) electrons. The maximum Gasteiger partial charge on any atom is 0.435 e. The second-order valence-electron chi connectivity index (χ2n) is 8.01. The summed E-state index contributed by atoms with van der Waals surface area (Å²) in [6.45, 7) is 11.4. The van der Waals surface area contributed by atoms with Crippen LogP contribution in [0, 0.1) is 0 Å². The average molecular weight is 352 g/mol. The Bertz CT molecular complexity index is 760. The molecule has 2 aromatic rings. The highest BCUT2D eigenvalue weighted by atomic mass is 19.4. The van der Waals surface area contributed by atoms with Gasteiger partial charge in [0.2, 0.25) is 0 Å². The van der Waals surface area contributed by atoms with E-state index in [1.165, 1.54) is 0 Å². The van der Waals surface area contributed by atoms with E-state index in [0.717, 1.165) is 24.8 Å². The van der Waals surface area contributed by atoms with Crippen molar-refractivity contribution >= 4 is 11.0 Å². The monoisotopic (exact) mass is 352 g/mol. The zero-order chi connectivity index (χ0) is 19.0. The van der Waals surface area contributed by atoms with E-state index in [-0.39, 0.29) is 11.1 Å². The Balaban J connectivity index is 2.86. The largest absolute Gasteiger partial charge is 0.435 e. The van der Waals surface area contributed by atoms with Gasteiger partial charge in [-0.1, -0.05) is 60.1 Å². The summed E-state index contributed by atoms with van der Waals surface area (Å²) >= 11 is 0. The lowest BCUT2D eigenvalue weighted by molar-refractivity contribution is -0.142. The molecule has 0 aliphatic rings. The molecule has 0 spiro atoms. The Morgan fingerprint density at radius 2 is 1.56 bits per heavy atom. The molecule has 0 bridgehead atoms. The van der Waals surface area contributed by atoms with Crippen LogP contribution in [-0.2, 0) is 17.0 Å². The number of para-hydroxylation sites is 1. The highest BCUT2D eigenvalue weighted by Gasteiger charge is 2.40. The lowest BCUT2D eigenvalue weighted by atomic mass is 9.76. The lowest BCUT2D eigenvalue weighted by Crippen LogP contribution is -2.25. The normalized spacial score (nSPS) is 15.4. The van der Waals surface area contributed by atoms with Crippen molar-refractivity contribution in [2.75, 3.05) is 0 Å². The van der Waals surface area contributed by atoms with Gasteiger partial charge in [0, 0.05) is 5.41 Å². The molecular weight excluding hydrogens is 325 g/mol. The third kappa shape index (κ3) is 3.80. The van der Waals surface area contributed by atoms with Gasteiger partial charge in [-0.05, 0) is 29.9 Å². The Labute approximate surface area is 147 Å². The molecule has 0 aliphatic carbocycles. The summed E-state index contributed by atoms with van der Waals surface area (Å²) in [5.41, 5.74) is -0.0536. The van der Waals surface area contributed by atoms with Crippen LogP contribution < -0.4 is 0 Å². The van der Waals surface area contributed by atoms with Crippen molar-refractivity contribution in [2.24, 2.45) is 0 Å². The highest BCUT2D eigenvalue weighted by molar-refractivity contribution is 5.79. The molecule has 1 unspecified atom stereocenters. The van der Waals surface area contributed by atoms with Gasteiger partial charge in [0.25, 0.3) is 0 Å². The van der Waals surface area contributed by atoms with Crippen LogP contribution in [0.1, 0.15) is 77.8 Å². The van der Waals surface area contributed by atoms with E-state index in [2.05, 4.69) is 30.7 Å². The molecule has 0 saturated heterocycles. The van der Waals surface area contributed by atoms with Crippen molar-refractivity contribution in [3.05, 3.63) is 35.2 Å². The maximum atomic E-state index is 13.7. The number of nitrogens with zero attached hydrogens (tertiary/aromatic N) is 2. The van der Waals surface area contributed by atoms with Gasteiger partial charge in [0.05, 0.1) is 16.7 Å². The third-order valence-electron chi connectivity index (χ3n) is 4.91. The van der Waals surface area contributed by atoms with Crippen LogP contribution in [-0.4, -0.2) is 9.97 Å². The first kappa shape index (κ1) is 19.7. The maximum absolute atomic E-state index is 13.7. The molecule has 1 aromatic heterocycles. The first-order valence-corrected chi connectivity index (χ1v) is 8.83. The summed E-state index contributed by atoms with van der Waals surface area (Å²) < 4.78 is 41.0. The molecule has 0 aliphatic heterocycles. The van der Waals surface area contributed by atoms with Gasteiger partial charge >= 0.3 is 6.18 Å². The fourth-order valence-corrected chi connectivity index (χ4v) is 3.34. The topological polar surface area (TPSA) is 25.8 Å². The minimum atomic E-state index is -4.52. The average Bonchev–Trinajstić information content (AvgIpc) is 2.51. The van der Waals surface area contributed by atoms with E-state index >= 15 is 0 Å². The van der Waals surface area contributed by atoms with Crippen LogP contribution in [0.25, 0.3) is 11.0 Å². The summed E-state index contributed by atoms with van der Waals surface area (Å²) in [7, 11) is 0. The molecule has 2 nitrogen and oxygen atoms in total. The standard InChI is InChI=1S/C20H27F3N2/c1-7-12-19(6,8-2)13-10-9-11-14-15(13)25-17(20(21,22)23)16(24-14)18(3,4)5/h9-11H,7-8,12H2,1-6H3. The molecule has 1 atom stereocenters. The van der Waals surface area contributed by atoms with Crippen LogP contribution in [0.15, 0.2) is 18.2 Å². The summed E-state index contributed by atoms with van der Waals surface area (Å²) in [6, 6.07) is 5.52. The number of aromatic nitrogens is 2. The molecule has 1 heterocycles. The molecule has 0 amide bonds. The third-order valence-corrected chi connectivity index (χ3v) is 4.91. The number of hydrogen-bond acceptors (Lipinski definition) is 2. The van der Waals surface area contributed by atoms with Crippen molar-refractivity contribution in [3.63, 3.8) is 0 Å². The number of benzene rings is 1. The Kier molecular flexibility index (Phi) is 5.18. The molecule has 25 heavy (non-hydrogen) atoms. The van der Waals surface area contributed by atoms with Gasteiger partial charge in [-0.25, -0.2) is 9.97 Å². The van der Waals surface area contributed by atoms with Crippen molar-refractivity contribution in [3.8, 4) is 0 Å². The smallest absolute Gasteiger partial charge is 0.248 e. The Hall–Kier alpha value is -1.65. The van der Waals surface area contributed by atoms with E-state index in [9.17, 15) is 13.2 Å². The number of hydrogen-bond donors (Lipinski definition) is 0. The van der Waals surface area contributed by atoms with E-state index in [1.54, 1.807) is 26.8 Å². The van der Waals surface area contributed by atoms with Crippen LogP contribution in [0.5, 0.6) is 0 Å². The van der Waals surface area contributed by atoms with Crippen molar-refractivity contribution in [1.82, 2.24) is 9.97 Å². The molecule has 0 N–H and O–H groups in total. The van der Waals surface area contributed by atoms with Crippen molar-refractivity contribution in [1.29, 1.82) is 0 Å². The zero-order valence-electron chi connectivity index (χ0n) is 15.9. The van der Waals surface area contributed by atoms with Crippen molar-refractivity contribution in [2.45, 2.75) is 77.8 Å². The SMILES string of the molecule is CCCC(C)(CC)c1cccc2nc(C(C)(C)C)c(C(F)(F)F)nc12. The van der Waals surface area contributed by atoms with E-state index in [4.69, 9.17) is 0 Å². The second kappa shape index (κ2) is 6.58. The summed E-state index contributed by atoms with van der Waals surface area (Å²) in [5, 5.41) is 0. The van der Waals surface area contributed by atoms with Gasteiger partial charge in [-0.2, -0.15) is 13.2 Å². The van der Waals surface area contributed by atoms with Gasteiger partial charge < -0.3 is 0 Å². The fraction of sp³-hybridized carbons (Fsp3) is 0.600. The summed E-state index contributed by atoms with van der Waals surface area (Å²) in [4.78, 5) is 8.52. The number of halogens is 3. The van der Waals surface area contributed by atoms with E-state index in [1.807, 2.05) is 12.1 Å². The minimum absolute atomic E-state index is 0.00153. The minimum Gasteiger partial charge on any atom is -0.248 e. The van der Waals surface area contributed by atoms with Crippen LogP contribution in [0.4, 0.5) is 13.2 Å². The summed E-state index contributed by atoms with van der Waals surface area (Å²) in [6.07, 6.45) is -1.83. The van der Waals surface area contributed by atoms with Crippen LogP contribution in [0.3, 0.4) is 0 Å². The molecule has 0 saturated carbocycles. The van der Waals surface area contributed by atoms with Gasteiger partial charge in [0.15, 0.2) is 5.69 Å². The van der Waals surface area contributed by atoms with Crippen molar-refractivity contribution < 1.29 is 13.2 Å². The molecule has 2 rings (SSSR count). The predicted octanol–water partition coefficient (Wildman–Crippen LogP) is 6.41. The predicted molar refractivity (Wildman–Crippen MR) is 95.8 cm³/mol. The first-order chi connectivity index (χ1) is 11.4. The molecule has 5 heteroatoms. The highest BCUT2D eigenvalue weighted by Crippen LogP contribution is 2.40. The van der Waals surface area contributed by atoms with Gasteiger partial charge in [0.1, 0.15) is 0 Å². The lowest BCUT2D eigenvalue weighted by Gasteiger charge is -2.30. The molecular formula is C20H27F3N2. The van der Waals surface area contributed by atoms with Gasteiger partial charge in [-0.3, -0.25) is 0 Å². The van der Waals surface area contributed by atoms with E-state index < -0.39 is 17.3 Å². The number of rotatable bonds is 4. The Morgan fingerprint density at radius 1 is 0.920 bits per heavy atom. The summed E-state index contributed by atoms with van der Waals surface area (Å²) in [5.74, 6) is 0.